The Bertz CT molecular complexity index is 534. The standard InChI is InChI=1S/C10H7F3N2O2S/c11-10(12,13)5-14-8(16)6-4-18-9(15-6)7-2-1-3-17-7/h1-4H,5H2,(H,14,16). The molecule has 0 radical (unpaired) electrons. The molecule has 1 amide bonds. The summed E-state index contributed by atoms with van der Waals surface area (Å²) >= 11 is 1.12. The molecule has 0 unspecified atom stereocenters. The number of thiazole rings is 1. The van der Waals surface area contributed by atoms with Crippen molar-refractivity contribution in [1.82, 2.24) is 10.3 Å². The molecule has 0 saturated carbocycles. The van der Waals surface area contributed by atoms with Crippen LogP contribution in [0, 0.1) is 0 Å². The maximum Gasteiger partial charge on any atom is 0.405 e. The van der Waals surface area contributed by atoms with E-state index in [0.29, 0.717) is 10.8 Å². The summed E-state index contributed by atoms with van der Waals surface area (Å²) in [7, 11) is 0. The number of amides is 1. The number of carbonyl (C=O) groups excluding carboxylic acids is 1. The van der Waals surface area contributed by atoms with Crippen LogP contribution in [0.4, 0.5) is 13.2 Å². The molecule has 0 aliphatic rings. The van der Waals surface area contributed by atoms with Crippen molar-refractivity contribution >= 4 is 17.2 Å². The van der Waals surface area contributed by atoms with Crippen LogP contribution in [0.25, 0.3) is 10.8 Å². The molecule has 8 heteroatoms. The lowest BCUT2D eigenvalue weighted by Crippen LogP contribution is -2.33. The van der Waals surface area contributed by atoms with Gasteiger partial charge >= 0.3 is 6.18 Å². The van der Waals surface area contributed by atoms with Crippen LogP contribution < -0.4 is 5.32 Å². The van der Waals surface area contributed by atoms with Crippen molar-refractivity contribution in [3.8, 4) is 10.8 Å². The van der Waals surface area contributed by atoms with Crippen LogP contribution >= 0.6 is 11.3 Å². The topological polar surface area (TPSA) is 55.1 Å². The average molecular weight is 276 g/mol. The molecule has 2 heterocycles. The number of halogens is 3. The van der Waals surface area contributed by atoms with Crippen molar-refractivity contribution in [3.05, 3.63) is 29.5 Å². The van der Waals surface area contributed by atoms with Gasteiger partial charge in [0, 0.05) is 5.38 Å². The zero-order chi connectivity index (χ0) is 13.2. The Morgan fingerprint density at radius 2 is 2.28 bits per heavy atom. The van der Waals surface area contributed by atoms with Crippen molar-refractivity contribution in [1.29, 1.82) is 0 Å². The summed E-state index contributed by atoms with van der Waals surface area (Å²) in [6.07, 6.45) is -2.99. The molecule has 0 saturated heterocycles. The number of hydrogen-bond donors (Lipinski definition) is 1. The van der Waals surface area contributed by atoms with E-state index in [1.807, 2.05) is 0 Å². The molecule has 0 atom stereocenters. The van der Waals surface area contributed by atoms with E-state index in [2.05, 4.69) is 4.98 Å². The second-order valence-electron chi connectivity index (χ2n) is 3.31. The Kier molecular flexibility index (Phi) is 3.37. The Morgan fingerprint density at radius 3 is 2.89 bits per heavy atom. The zero-order valence-corrected chi connectivity index (χ0v) is 9.64. The van der Waals surface area contributed by atoms with Crippen molar-refractivity contribution in [2.45, 2.75) is 6.18 Å². The Labute approximate surface area is 103 Å². The first-order valence-electron chi connectivity index (χ1n) is 4.80. The van der Waals surface area contributed by atoms with Crippen LogP contribution in [0.1, 0.15) is 10.5 Å². The second-order valence-corrected chi connectivity index (χ2v) is 4.17. The van der Waals surface area contributed by atoms with Crippen LogP contribution in [-0.2, 0) is 0 Å². The highest BCUT2D eigenvalue weighted by atomic mass is 32.1. The summed E-state index contributed by atoms with van der Waals surface area (Å²) < 4.78 is 40.8. The van der Waals surface area contributed by atoms with E-state index in [-0.39, 0.29) is 5.69 Å². The second kappa shape index (κ2) is 4.81. The molecule has 0 aliphatic carbocycles. The molecule has 0 fully saturated rings. The van der Waals surface area contributed by atoms with E-state index in [1.165, 1.54) is 11.6 Å². The lowest BCUT2D eigenvalue weighted by molar-refractivity contribution is -0.123. The molecule has 0 bridgehead atoms. The lowest BCUT2D eigenvalue weighted by Gasteiger charge is -2.06. The predicted octanol–water partition coefficient (Wildman–Crippen LogP) is 2.70. The van der Waals surface area contributed by atoms with E-state index in [0.717, 1.165) is 11.3 Å². The fourth-order valence-corrected chi connectivity index (χ4v) is 1.93. The zero-order valence-electron chi connectivity index (χ0n) is 8.82. The lowest BCUT2D eigenvalue weighted by atomic mass is 10.4. The highest BCUT2D eigenvalue weighted by Gasteiger charge is 2.28. The first kappa shape index (κ1) is 12.6. The fourth-order valence-electron chi connectivity index (χ4n) is 1.16. The van der Waals surface area contributed by atoms with Crippen LogP contribution in [0.5, 0.6) is 0 Å². The molecule has 18 heavy (non-hydrogen) atoms. The van der Waals surface area contributed by atoms with Gasteiger partial charge in [-0.05, 0) is 12.1 Å². The first-order valence-corrected chi connectivity index (χ1v) is 5.68. The smallest absolute Gasteiger partial charge is 0.405 e. The van der Waals surface area contributed by atoms with Crippen LogP contribution in [0.2, 0.25) is 0 Å². The normalized spacial score (nSPS) is 11.5. The minimum absolute atomic E-state index is 0.0596. The number of alkyl halides is 3. The van der Waals surface area contributed by atoms with Gasteiger partial charge in [-0.3, -0.25) is 4.79 Å². The van der Waals surface area contributed by atoms with Gasteiger partial charge in [0.15, 0.2) is 10.8 Å². The predicted molar refractivity (Wildman–Crippen MR) is 58.2 cm³/mol. The Hall–Kier alpha value is -1.83. The Balaban J connectivity index is 2.04. The SMILES string of the molecule is O=C(NCC(F)(F)F)c1csc(-c2ccco2)n1. The summed E-state index contributed by atoms with van der Waals surface area (Å²) in [5, 5.41) is 3.57. The van der Waals surface area contributed by atoms with Crippen LogP contribution in [0.15, 0.2) is 28.2 Å². The van der Waals surface area contributed by atoms with E-state index >= 15 is 0 Å². The number of carbonyl (C=O) groups is 1. The molecular formula is C10H7F3N2O2S. The molecule has 2 aromatic heterocycles. The van der Waals surface area contributed by atoms with E-state index < -0.39 is 18.6 Å². The number of rotatable bonds is 3. The molecular weight excluding hydrogens is 269 g/mol. The number of nitrogens with zero attached hydrogens (tertiary/aromatic N) is 1. The molecule has 0 spiro atoms. The maximum absolute atomic E-state index is 11.9. The van der Waals surface area contributed by atoms with Gasteiger partial charge in [0.2, 0.25) is 0 Å². The van der Waals surface area contributed by atoms with E-state index in [9.17, 15) is 18.0 Å². The highest BCUT2D eigenvalue weighted by Crippen LogP contribution is 2.24. The van der Waals surface area contributed by atoms with Crippen LogP contribution in [0.3, 0.4) is 0 Å². The average Bonchev–Trinajstić information content (AvgIpc) is 2.94. The van der Waals surface area contributed by atoms with E-state index in [1.54, 1.807) is 17.4 Å². The van der Waals surface area contributed by atoms with Crippen molar-refractivity contribution in [2.24, 2.45) is 0 Å². The molecule has 4 nitrogen and oxygen atoms in total. The highest BCUT2D eigenvalue weighted by molar-refractivity contribution is 7.13. The molecule has 0 aromatic carbocycles. The van der Waals surface area contributed by atoms with Gasteiger partial charge in [-0.15, -0.1) is 11.3 Å². The number of hydrogen-bond acceptors (Lipinski definition) is 4. The van der Waals surface area contributed by atoms with Gasteiger partial charge in [0.05, 0.1) is 6.26 Å². The largest absolute Gasteiger partial charge is 0.462 e. The van der Waals surface area contributed by atoms with E-state index in [4.69, 9.17) is 4.42 Å². The molecule has 96 valence electrons. The summed E-state index contributed by atoms with van der Waals surface area (Å²) in [5.74, 6) is -0.392. The summed E-state index contributed by atoms with van der Waals surface area (Å²) in [6.45, 7) is -1.38. The number of nitrogens with one attached hydrogen (secondary N) is 1. The van der Waals surface area contributed by atoms with Gasteiger partial charge in [-0.1, -0.05) is 0 Å². The fraction of sp³-hybridized carbons (Fsp3) is 0.200. The minimum Gasteiger partial charge on any atom is -0.462 e. The Morgan fingerprint density at radius 1 is 1.50 bits per heavy atom. The summed E-state index contributed by atoms with van der Waals surface area (Å²) in [5.41, 5.74) is -0.0596. The van der Waals surface area contributed by atoms with Crippen LogP contribution in [-0.4, -0.2) is 23.6 Å². The van der Waals surface area contributed by atoms with Crippen molar-refractivity contribution in [3.63, 3.8) is 0 Å². The molecule has 2 aromatic rings. The quantitative estimate of drug-likeness (QED) is 0.937. The van der Waals surface area contributed by atoms with Gasteiger partial charge in [0.1, 0.15) is 12.2 Å². The monoisotopic (exact) mass is 276 g/mol. The third-order valence-corrected chi connectivity index (χ3v) is 2.78. The molecule has 1 N–H and O–H groups in total. The first-order chi connectivity index (χ1) is 8.46. The summed E-state index contributed by atoms with van der Waals surface area (Å²) in [6, 6.07) is 3.30. The molecule has 0 aliphatic heterocycles. The van der Waals surface area contributed by atoms with Gasteiger partial charge in [-0.25, -0.2) is 4.98 Å². The minimum atomic E-state index is -4.43. The number of aromatic nitrogens is 1. The van der Waals surface area contributed by atoms with Gasteiger partial charge in [0.25, 0.3) is 5.91 Å². The maximum atomic E-state index is 11.9. The van der Waals surface area contributed by atoms with Crippen molar-refractivity contribution in [2.75, 3.05) is 6.54 Å². The van der Waals surface area contributed by atoms with Gasteiger partial charge < -0.3 is 9.73 Å². The molecule has 2 rings (SSSR count). The third kappa shape index (κ3) is 3.10. The summed E-state index contributed by atoms with van der Waals surface area (Å²) in [4.78, 5) is 15.3. The van der Waals surface area contributed by atoms with Crippen molar-refractivity contribution < 1.29 is 22.4 Å². The number of furan rings is 1. The third-order valence-electron chi connectivity index (χ3n) is 1.92. The van der Waals surface area contributed by atoms with Gasteiger partial charge in [-0.2, -0.15) is 13.2 Å².